The molecule has 116 valence electrons. The molecule has 0 saturated carbocycles. The van der Waals surface area contributed by atoms with Crippen LogP contribution in [0.3, 0.4) is 0 Å². The zero-order valence-corrected chi connectivity index (χ0v) is 12.4. The van der Waals surface area contributed by atoms with Gasteiger partial charge in [-0.2, -0.15) is 0 Å². The van der Waals surface area contributed by atoms with Crippen molar-refractivity contribution >= 4 is 12.0 Å². The van der Waals surface area contributed by atoms with Crippen LogP contribution in [0.4, 0.5) is 4.79 Å². The fourth-order valence-electron chi connectivity index (χ4n) is 2.24. The number of hydrogen-bond acceptors (Lipinski definition) is 3. The fourth-order valence-corrected chi connectivity index (χ4v) is 2.24. The normalized spacial score (nSPS) is 19.6. The van der Waals surface area contributed by atoms with Gasteiger partial charge in [-0.3, -0.25) is 4.79 Å². The minimum absolute atomic E-state index is 0.0924. The second-order valence-electron chi connectivity index (χ2n) is 5.40. The summed E-state index contributed by atoms with van der Waals surface area (Å²) < 4.78 is 5.54. The van der Waals surface area contributed by atoms with Gasteiger partial charge in [0.1, 0.15) is 0 Å². The molecule has 0 bridgehead atoms. The molecule has 6 nitrogen and oxygen atoms in total. The van der Waals surface area contributed by atoms with Crippen LogP contribution in [0, 0.1) is 5.92 Å². The summed E-state index contributed by atoms with van der Waals surface area (Å²) in [5, 5.41) is 11.5. The number of likely N-dealkylation sites (N-methyl/N-ethyl adjacent to an activating group) is 1. The summed E-state index contributed by atoms with van der Waals surface area (Å²) in [5.74, 6) is -0.631. The summed E-state index contributed by atoms with van der Waals surface area (Å²) in [6.45, 7) is 6.47. The molecular weight excluding hydrogens is 260 g/mol. The van der Waals surface area contributed by atoms with Crippen LogP contribution in [0.1, 0.15) is 39.5 Å². The highest BCUT2D eigenvalue weighted by atomic mass is 16.5. The molecule has 0 spiro atoms. The molecule has 1 rings (SSSR count). The Balaban J connectivity index is 2.25. The Kier molecular flexibility index (Phi) is 7.36. The highest BCUT2D eigenvalue weighted by Crippen LogP contribution is 2.13. The number of urea groups is 1. The molecule has 2 amide bonds. The van der Waals surface area contributed by atoms with E-state index in [-0.39, 0.29) is 24.5 Å². The number of nitrogens with one attached hydrogen (secondary N) is 1. The molecule has 1 aliphatic heterocycles. The maximum atomic E-state index is 12.0. The monoisotopic (exact) mass is 286 g/mol. The Hall–Kier alpha value is -1.30. The van der Waals surface area contributed by atoms with E-state index < -0.39 is 5.97 Å². The molecule has 6 heteroatoms. The fraction of sp³-hybridized carbons (Fsp3) is 0.857. The summed E-state index contributed by atoms with van der Waals surface area (Å²) in [7, 11) is 0. The number of rotatable bonds is 8. The third-order valence-electron chi connectivity index (χ3n) is 3.57. The summed E-state index contributed by atoms with van der Waals surface area (Å²) >= 11 is 0. The molecule has 0 aromatic carbocycles. The average Bonchev–Trinajstić information content (AvgIpc) is 2.92. The Morgan fingerprint density at radius 1 is 1.50 bits per heavy atom. The van der Waals surface area contributed by atoms with E-state index in [9.17, 15) is 9.59 Å². The van der Waals surface area contributed by atoms with E-state index in [1.165, 1.54) is 0 Å². The predicted molar refractivity (Wildman–Crippen MR) is 75.7 cm³/mol. The SMILES string of the molecule is CCN(CC1CCCO1)C(=O)NCC(C)CCC(=O)O. The first kappa shape index (κ1) is 16.8. The molecule has 0 aliphatic carbocycles. The molecule has 0 radical (unpaired) electrons. The number of aliphatic carboxylic acids is 1. The van der Waals surface area contributed by atoms with Gasteiger partial charge in [0.05, 0.1) is 6.10 Å². The van der Waals surface area contributed by atoms with Gasteiger partial charge in [0.25, 0.3) is 0 Å². The van der Waals surface area contributed by atoms with Gasteiger partial charge in [-0.25, -0.2) is 4.79 Å². The van der Waals surface area contributed by atoms with Crippen LogP contribution in [0.25, 0.3) is 0 Å². The van der Waals surface area contributed by atoms with Crippen molar-refractivity contribution in [2.45, 2.75) is 45.6 Å². The number of amides is 2. The summed E-state index contributed by atoms with van der Waals surface area (Å²) in [4.78, 5) is 24.3. The zero-order valence-electron chi connectivity index (χ0n) is 12.4. The van der Waals surface area contributed by atoms with Crippen molar-refractivity contribution < 1.29 is 19.4 Å². The standard InChI is InChI=1S/C14H26N2O4/c1-3-16(10-12-5-4-8-20-12)14(19)15-9-11(2)6-7-13(17)18/h11-12H,3-10H2,1-2H3,(H,15,19)(H,17,18). The molecule has 0 aromatic rings. The van der Waals surface area contributed by atoms with Crippen LogP contribution in [-0.4, -0.2) is 54.4 Å². The maximum absolute atomic E-state index is 12.0. The lowest BCUT2D eigenvalue weighted by molar-refractivity contribution is -0.137. The molecule has 0 aromatic heterocycles. The first-order valence-electron chi connectivity index (χ1n) is 7.39. The lowest BCUT2D eigenvalue weighted by Crippen LogP contribution is -2.44. The smallest absolute Gasteiger partial charge is 0.317 e. The molecule has 2 N–H and O–H groups in total. The minimum atomic E-state index is -0.795. The van der Waals surface area contributed by atoms with E-state index in [0.29, 0.717) is 26.1 Å². The van der Waals surface area contributed by atoms with Gasteiger partial charge in [-0.05, 0) is 32.1 Å². The quantitative estimate of drug-likeness (QED) is 0.712. The van der Waals surface area contributed by atoms with Crippen molar-refractivity contribution in [1.29, 1.82) is 0 Å². The van der Waals surface area contributed by atoms with E-state index in [4.69, 9.17) is 9.84 Å². The summed E-state index contributed by atoms with van der Waals surface area (Å²) in [6.07, 6.45) is 2.96. The van der Waals surface area contributed by atoms with Gasteiger partial charge >= 0.3 is 12.0 Å². The van der Waals surface area contributed by atoms with Crippen LogP contribution in [0.2, 0.25) is 0 Å². The number of hydrogen-bond donors (Lipinski definition) is 2. The van der Waals surface area contributed by atoms with E-state index in [1.807, 2.05) is 13.8 Å². The number of carbonyl (C=O) groups excluding carboxylic acids is 1. The summed E-state index contributed by atoms with van der Waals surface area (Å²) in [6, 6.07) is -0.0924. The summed E-state index contributed by atoms with van der Waals surface area (Å²) in [5.41, 5.74) is 0. The number of nitrogens with zero attached hydrogens (tertiary/aromatic N) is 1. The molecule has 20 heavy (non-hydrogen) atoms. The van der Waals surface area contributed by atoms with Crippen molar-refractivity contribution in [1.82, 2.24) is 10.2 Å². The van der Waals surface area contributed by atoms with Gasteiger partial charge in [-0.15, -0.1) is 0 Å². The van der Waals surface area contributed by atoms with Crippen LogP contribution >= 0.6 is 0 Å². The Morgan fingerprint density at radius 2 is 2.25 bits per heavy atom. The topological polar surface area (TPSA) is 78.9 Å². The predicted octanol–water partition coefficient (Wildman–Crippen LogP) is 1.70. The van der Waals surface area contributed by atoms with Crippen molar-refractivity contribution in [2.75, 3.05) is 26.2 Å². The minimum Gasteiger partial charge on any atom is -0.481 e. The number of ether oxygens (including phenoxy) is 1. The Morgan fingerprint density at radius 3 is 2.80 bits per heavy atom. The molecular formula is C14H26N2O4. The number of carboxylic acids is 1. The number of carbonyl (C=O) groups is 2. The lowest BCUT2D eigenvalue weighted by Gasteiger charge is -2.25. The second-order valence-corrected chi connectivity index (χ2v) is 5.40. The lowest BCUT2D eigenvalue weighted by atomic mass is 10.1. The van der Waals surface area contributed by atoms with Gasteiger partial charge in [0, 0.05) is 32.7 Å². The van der Waals surface area contributed by atoms with Crippen molar-refractivity contribution in [3.8, 4) is 0 Å². The molecule has 2 unspecified atom stereocenters. The Bertz CT molecular complexity index is 316. The van der Waals surface area contributed by atoms with Crippen LogP contribution in [0.5, 0.6) is 0 Å². The third kappa shape index (κ3) is 6.23. The largest absolute Gasteiger partial charge is 0.481 e. The van der Waals surface area contributed by atoms with E-state index in [1.54, 1.807) is 4.90 Å². The molecule has 1 aliphatic rings. The zero-order chi connectivity index (χ0) is 15.0. The molecule has 1 fully saturated rings. The Labute approximate surface area is 120 Å². The van der Waals surface area contributed by atoms with Gasteiger partial charge < -0.3 is 20.1 Å². The van der Waals surface area contributed by atoms with Crippen LogP contribution in [-0.2, 0) is 9.53 Å². The first-order chi connectivity index (χ1) is 9.52. The van der Waals surface area contributed by atoms with Crippen LogP contribution < -0.4 is 5.32 Å². The van der Waals surface area contributed by atoms with Gasteiger partial charge in [0.15, 0.2) is 0 Å². The highest BCUT2D eigenvalue weighted by molar-refractivity contribution is 5.74. The van der Waals surface area contributed by atoms with Crippen molar-refractivity contribution in [2.24, 2.45) is 5.92 Å². The van der Waals surface area contributed by atoms with Gasteiger partial charge in [0.2, 0.25) is 0 Å². The molecule has 1 heterocycles. The average molecular weight is 286 g/mol. The van der Waals surface area contributed by atoms with Gasteiger partial charge in [-0.1, -0.05) is 6.92 Å². The molecule has 2 atom stereocenters. The second kappa shape index (κ2) is 8.79. The highest BCUT2D eigenvalue weighted by Gasteiger charge is 2.21. The number of carboxylic acid groups (broad SMARTS) is 1. The van der Waals surface area contributed by atoms with Crippen LogP contribution in [0.15, 0.2) is 0 Å². The first-order valence-corrected chi connectivity index (χ1v) is 7.39. The molecule has 1 saturated heterocycles. The van der Waals surface area contributed by atoms with E-state index >= 15 is 0 Å². The van der Waals surface area contributed by atoms with E-state index in [2.05, 4.69) is 5.32 Å². The maximum Gasteiger partial charge on any atom is 0.317 e. The van der Waals surface area contributed by atoms with E-state index in [0.717, 1.165) is 19.4 Å². The van der Waals surface area contributed by atoms with Crippen molar-refractivity contribution in [3.05, 3.63) is 0 Å². The van der Waals surface area contributed by atoms with Crippen molar-refractivity contribution in [3.63, 3.8) is 0 Å². The third-order valence-corrected chi connectivity index (χ3v) is 3.57.